The van der Waals surface area contributed by atoms with Gasteiger partial charge in [0, 0.05) is 25.1 Å². The molecule has 1 aliphatic heterocycles. The Morgan fingerprint density at radius 2 is 2.10 bits per heavy atom. The molecule has 3 rings (SSSR count). The highest BCUT2D eigenvalue weighted by molar-refractivity contribution is 7.99. The topological polar surface area (TPSA) is 82.5 Å². The van der Waals surface area contributed by atoms with E-state index in [0.717, 1.165) is 5.56 Å². The molecular formula is C21H23N3O4S. The second-order valence-electron chi connectivity index (χ2n) is 6.44. The first-order valence-corrected chi connectivity index (χ1v) is 10.0. The number of hydrogen-bond donors (Lipinski definition) is 1. The van der Waals surface area contributed by atoms with Gasteiger partial charge in [-0.1, -0.05) is 36.6 Å². The number of amides is 1. The number of nitrogens with one attached hydrogen (secondary N) is 1. The van der Waals surface area contributed by atoms with Crippen LogP contribution in [-0.2, 0) is 11.8 Å². The lowest BCUT2D eigenvalue weighted by atomic mass is 9.86. The number of carbonyl (C=O) groups excluding carboxylic acids is 1. The van der Waals surface area contributed by atoms with Crippen LogP contribution in [0.1, 0.15) is 23.5 Å². The van der Waals surface area contributed by atoms with Gasteiger partial charge in [0.15, 0.2) is 16.7 Å². The third-order valence-corrected chi connectivity index (χ3v) is 5.60. The number of carbonyl (C=O) groups is 1. The minimum absolute atomic E-state index is 0.152. The molecule has 8 heteroatoms. The number of fused-ring (bicyclic) bond motifs is 1. The Hall–Kier alpha value is -3.00. The number of aromatic nitrogens is 2. The van der Waals surface area contributed by atoms with E-state index in [2.05, 4.69) is 23.5 Å². The quantitative estimate of drug-likeness (QED) is 0.407. The molecule has 1 N–H and O–H groups in total. The zero-order valence-corrected chi connectivity index (χ0v) is 17.3. The average molecular weight is 413 g/mol. The van der Waals surface area contributed by atoms with E-state index >= 15 is 0 Å². The van der Waals surface area contributed by atoms with Crippen molar-refractivity contribution in [3.63, 3.8) is 0 Å². The van der Waals surface area contributed by atoms with Crippen LogP contribution >= 0.6 is 11.8 Å². The van der Waals surface area contributed by atoms with Crippen LogP contribution in [0.2, 0.25) is 0 Å². The normalized spacial score (nSPS) is 15.2. The zero-order valence-electron chi connectivity index (χ0n) is 16.4. The molecule has 1 aliphatic rings. The van der Waals surface area contributed by atoms with Gasteiger partial charge in [-0.3, -0.25) is 9.59 Å². The number of nitrogens with zero attached hydrogens (tertiary/aromatic N) is 2. The number of hydrogen-bond acceptors (Lipinski definition) is 6. The summed E-state index contributed by atoms with van der Waals surface area (Å²) < 4.78 is 12.8. The zero-order chi connectivity index (χ0) is 21.0. The van der Waals surface area contributed by atoms with Crippen molar-refractivity contribution in [2.45, 2.75) is 17.5 Å². The molecule has 2 heterocycles. The summed E-state index contributed by atoms with van der Waals surface area (Å²) in [6.07, 6.45) is 3.53. The van der Waals surface area contributed by atoms with Gasteiger partial charge in [0.25, 0.3) is 5.56 Å². The lowest BCUT2D eigenvalue weighted by Crippen LogP contribution is -2.33. The van der Waals surface area contributed by atoms with Gasteiger partial charge in [-0.05, 0) is 17.7 Å². The van der Waals surface area contributed by atoms with E-state index in [1.165, 1.54) is 11.8 Å². The Bertz CT molecular complexity index is 1020. The predicted octanol–water partition coefficient (Wildman–Crippen LogP) is 3.11. The van der Waals surface area contributed by atoms with Crippen LogP contribution in [0.5, 0.6) is 11.5 Å². The Morgan fingerprint density at radius 1 is 1.31 bits per heavy atom. The molecule has 1 aromatic carbocycles. The first kappa shape index (κ1) is 20.7. The van der Waals surface area contributed by atoms with Crippen molar-refractivity contribution in [1.29, 1.82) is 0 Å². The van der Waals surface area contributed by atoms with E-state index < -0.39 is 5.92 Å². The van der Waals surface area contributed by atoms with E-state index in [9.17, 15) is 9.59 Å². The fourth-order valence-electron chi connectivity index (χ4n) is 3.25. The van der Waals surface area contributed by atoms with Crippen molar-refractivity contribution in [2.24, 2.45) is 7.05 Å². The number of methoxy groups -OCH3 is 1. The molecule has 0 unspecified atom stereocenters. The molecule has 0 fully saturated rings. The molecule has 1 atom stereocenters. The molecular weight excluding hydrogens is 390 g/mol. The maximum Gasteiger partial charge on any atom is 0.279 e. The first-order chi connectivity index (χ1) is 14.0. The van der Waals surface area contributed by atoms with Crippen LogP contribution in [0.3, 0.4) is 0 Å². The summed E-state index contributed by atoms with van der Waals surface area (Å²) in [5.41, 5.74) is 0.909. The minimum atomic E-state index is -0.425. The molecule has 0 radical (unpaired) electrons. The van der Waals surface area contributed by atoms with Crippen LogP contribution in [0, 0.1) is 0 Å². The van der Waals surface area contributed by atoms with E-state index in [4.69, 9.17) is 9.47 Å². The molecule has 2 aromatic rings. The Balaban J connectivity index is 2.08. The number of thioether (sulfide) groups is 1. The van der Waals surface area contributed by atoms with Crippen molar-refractivity contribution in [3.8, 4) is 11.5 Å². The smallest absolute Gasteiger partial charge is 0.279 e. The monoisotopic (exact) mass is 413 g/mol. The van der Waals surface area contributed by atoms with Gasteiger partial charge in [-0.15, -0.1) is 6.58 Å². The highest BCUT2D eigenvalue weighted by Gasteiger charge is 2.32. The van der Waals surface area contributed by atoms with Crippen LogP contribution < -0.4 is 20.3 Å². The average Bonchev–Trinajstić information content (AvgIpc) is 2.72. The standard InChI is InChI=1S/C21H23N3O4S/c1-5-9-28-15-8-7-13(11-16(15)27-4)14-12-17(25)22-19-18(14)20(26)23-21(24(19)3)29-10-6-2/h5-8,11,14H,1-2,9-10,12H2,3-4H3,(H,22,25)/t14-/m0/s1. The molecule has 1 amide bonds. The van der Waals surface area contributed by atoms with Gasteiger partial charge in [0.05, 0.1) is 12.7 Å². The van der Waals surface area contributed by atoms with Gasteiger partial charge in [-0.25, -0.2) is 0 Å². The summed E-state index contributed by atoms with van der Waals surface area (Å²) in [6, 6.07) is 5.41. The largest absolute Gasteiger partial charge is 0.493 e. The Labute approximate surface area is 173 Å². The Morgan fingerprint density at radius 3 is 2.79 bits per heavy atom. The maximum absolute atomic E-state index is 12.9. The van der Waals surface area contributed by atoms with E-state index in [1.807, 2.05) is 6.07 Å². The molecule has 0 saturated carbocycles. The summed E-state index contributed by atoms with van der Waals surface area (Å²) in [5, 5.41) is 3.36. The molecule has 152 valence electrons. The van der Waals surface area contributed by atoms with E-state index in [1.54, 1.807) is 43.0 Å². The predicted molar refractivity (Wildman–Crippen MR) is 114 cm³/mol. The van der Waals surface area contributed by atoms with Crippen LogP contribution in [0.4, 0.5) is 5.82 Å². The third kappa shape index (κ3) is 4.22. The fourth-order valence-corrected chi connectivity index (χ4v) is 3.95. The number of rotatable bonds is 8. The van der Waals surface area contributed by atoms with Gasteiger partial charge in [0.2, 0.25) is 5.91 Å². The molecule has 29 heavy (non-hydrogen) atoms. The fraction of sp³-hybridized carbons (Fsp3) is 0.286. The third-order valence-electron chi connectivity index (χ3n) is 4.58. The van der Waals surface area contributed by atoms with Crippen molar-refractivity contribution >= 4 is 23.5 Å². The van der Waals surface area contributed by atoms with Gasteiger partial charge < -0.3 is 19.4 Å². The first-order valence-electron chi connectivity index (χ1n) is 9.06. The summed E-state index contributed by atoms with van der Waals surface area (Å²) in [7, 11) is 3.33. The van der Waals surface area contributed by atoms with Gasteiger partial charge in [0.1, 0.15) is 12.4 Å². The minimum Gasteiger partial charge on any atom is -0.493 e. The SMILES string of the molecule is C=CCOc1ccc([C@@H]2CC(=O)Nc3c2c(=O)nc(SCC=C)n3C)cc1OC. The van der Waals surface area contributed by atoms with Crippen LogP contribution in [-0.4, -0.2) is 34.9 Å². The number of ether oxygens (including phenoxy) is 2. The second kappa shape index (κ2) is 9.00. The van der Waals surface area contributed by atoms with Crippen molar-refractivity contribution in [2.75, 3.05) is 24.8 Å². The molecule has 7 nitrogen and oxygen atoms in total. The highest BCUT2D eigenvalue weighted by Crippen LogP contribution is 2.39. The van der Waals surface area contributed by atoms with E-state index in [0.29, 0.717) is 40.4 Å². The number of benzene rings is 1. The van der Waals surface area contributed by atoms with E-state index in [-0.39, 0.29) is 17.9 Å². The summed E-state index contributed by atoms with van der Waals surface area (Å²) >= 11 is 1.39. The summed E-state index contributed by atoms with van der Waals surface area (Å²) in [6.45, 7) is 7.67. The molecule has 0 saturated heterocycles. The molecule has 0 bridgehead atoms. The lowest BCUT2D eigenvalue weighted by molar-refractivity contribution is -0.116. The van der Waals surface area contributed by atoms with Crippen molar-refractivity contribution < 1.29 is 14.3 Å². The van der Waals surface area contributed by atoms with Crippen LogP contribution in [0.25, 0.3) is 0 Å². The maximum atomic E-state index is 12.9. The molecule has 0 spiro atoms. The number of anilines is 1. The highest BCUT2D eigenvalue weighted by atomic mass is 32.2. The Kier molecular flexibility index (Phi) is 6.43. The molecule has 1 aromatic heterocycles. The van der Waals surface area contributed by atoms with Crippen LogP contribution in [0.15, 0.2) is 53.5 Å². The van der Waals surface area contributed by atoms with Crippen molar-refractivity contribution in [1.82, 2.24) is 9.55 Å². The molecule has 0 aliphatic carbocycles. The van der Waals surface area contributed by atoms with Crippen molar-refractivity contribution in [3.05, 3.63) is 65.0 Å². The van der Waals surface area contributed by atoms with Gasteiger partial charge >= 0.3 is 0 Å². The summed E-state index contributed by atoms with van der Waals surface area (Å²) in [5.74, 6) is 1.60. The van der Waals surface area contributed by atoms with Gasteiger partial charge in [-0.2, -0.15) is 4.98 Å². The summed E-state index contributed by atoms with van der Waals surface area (Å²) in [4.78, 5) is 29.5. The lowest BCUT2D eigenvalue weighted by Gasteiger charge is -2.27. The second-order valence-corrected chi connectivity index (χ2v) is 7.42.